The van der Waals surface area contributed by atoms with E-state index in [4.69, 9.17) is 0 Å². The largest absolute Gasteiger partial charge is 1.00 e. The van der Waals surface area contributed by atoms with Gasteiger partial charge >= 0.3 is 197 Å². The number of hydrogen-bond acceptors (Lipinski definition) is 0. The average Bonchev–Trinajstić information content (AvgIpc) is 3.23. The van der Waals surface area contributed by atoms with Crippen molar-refractivity contribution in [1.29, 1.82) is 0 Å². The van der Waals surface area contributed by atoms with Crippen LogP contribution in [0.2, 0.25) is 0 Å². The molecule has 3 aliphatic rings. The van der Waals surface area contributed by atoms with Gasteiger partial charge in [-0.15, -0.1) is 0 Å². The van der Waals surface area contributed by atoms with Crippen molar-refractivity contribution in [2.75, 3.05) is 0 Å². The van der Waals surface area contributed by atoms with Gasteiger partial charge in [0.05, 0.1) is 0 Å². The Balaban J connectivity index is 0.00000130. The van der Waals surface area contributed by atoms with Gasteiger partial charge in [0.25, 0.3) is 0 Å². The molecule has 3 aromatic carbocycles. The molecule has 1 heterocycles. The Morgan fingerprint density at radius 1 is 0.636 bits per heavy atom. The van der Waals surface area contributed by atoms with E-state index in [9.17, 15) is 0 Å². The molecule has 0 spiro atoms. The zero-order valence-electron chi connectivity index (χ0n) is 19.5. The molecule has 2 aliphatic carbocycles. The third kappa shape index (κ3) is 3.68. The van der Waals surface area contributed by atoms with Crippen molar-refractivity contribution in [3.05, 3.63) is 117 Å². The third-order valence-corrected chi connectivity index (χ3v) is 14.9. The number of hydrogen-bond donors (Lipinski definition) is 0. The molecule has 6 rings (SSSR count). The number of rotatable bonds is 2. The quantitative estimate of drug-likeness (QED) is 0.438. The van der Waals surface area contributed by atoms with E-state index in [1.807, 2.05) is 0 Å². The Kier molecular flexibility index (Phi) is 7.03. The Labute approximate surface area is 220 Å². The van der Waals surface area contributed by atoms with Crippen LogP contribution < -0.4 is 24.8 Å². The van der Waals surface area contributed by atoms with Gasteiger partial charge in [-0.2, -0.15) is 0 Å². The van der Waals surface area contributed by atoms with Crippen LogP contribution in [0, 0.1) is 13.8 Å². The van der Waals surface area contributed by atoms with Gasteiger partial charge in [0, 0.05) is 0 Å². The molecule has 1 aliphatic heterocycles. The number of aryl methyl sites for hydroxylation is 2. The van der Waals surface area contributed by atoms with E-state index in [-0.39, 0.29) is 44.0 Å². The SMILES string of the molecule is CC1=C2c3c(C)cccc3[CH]1[Ti+2][CH]1C(C)=C(c3c(C)cccc31)[SiH]2Cc1ccccc1.[Cl-].[Cl-]. The molecule has 0 nitrogen and oxygen atoms in total. The fourth-order valence-corrected chi connectivity index (χ4v) is 14.4. The van der Waals surface area contributed by atoms with E-state index in [1.54, 1.807) is 43.8 Å². The predicted molar refractivity (Wildman–Crippen MR) is 130 cm³/mol. The summed E-state index contributed by atoms with van der Waals surface area (Å²) in [5.41, 5.74) is 14.6. The molecule has 33 heavy (non-hydrogen) atoms. The molecule has 4 bridgehead atoms. The minimum Gasteiger partial charge on any atom is -1.00 e. The Bertz CT molecular complexity index is 1210. The van der Waals surface area contributed by atoms with Crippen molar-refractivity contribution in [2.24, 2.45) is 0 Å². The van der Waals surface area contributed by atoms with Gasteiger partial charge in [0.1, 0.15) is 0 Å². The Morgan fingerprint density at radius 3 is 1.61 bits per heavy atom. The maximum atomic E-state index is 2.49. The van der Waals surface area contributed by atoms with Crippen molar-refractivity contribution < 1.29 is 44.0 Å². The summed E-state index contributed by atoms with van der Waals surface area (Å²) in [5, 5.41) is 3.57. The summed E-state index contributed by atoms with van der Waals surface area (Å²) < 4.78 is 1.40. The second kappa shape index (κ2) is 9.36. The zero-order valence-corrected chi connectivity index (χ0v) is 23.8. The molecule has 0 aromatic heterocycles. The van der Waals surface area contributed by atoms with Crippen LogP contribution in [-0.2, 0) is 25.2 Å². The van der Waals surface area contributed by atoms with Crippen LogP contribution in [0.4, 0.5) is 0 Å². The van der Waals surface area contributed by atoms with Crippen LogP contribution in [0.15, 0.2) is 77.9 Å². The van der Waals surface area contributed by atoms with Crippen LogP contribution in [0.3, 0.4) is 0 Å². The van der Waals surface area contributed by atoms with E-state index in [1.165, 1.54) is 22.7 Å². The van der Waals surface area contributed by atoms with Crippen LogP contribution in [-0.4, -0.2) is 8.80 Å². The van der Waals surface area contributed by atoms with Gasteiger partial charge in [0.2, 0.25) is 0 Å². The number of allylic oxidation sites excluding steroid dienone is 2. The fraction of sp³-hybridized carbons (Fsp3) is 0.241. The van der Waals surface area contributed by atoms with Crippen LogP contribution in [0.25, 0.3) is 10.4 Å². The molecule has 0 amide bonds. The smallest absolute Gasteiger partial charge is 1.00 e. The van der Waals surface area contributed by atoms with E-state index >= 15 is 0 Å². The molecule has 3 aromatic rings. The average molecular weight is 523 g/mol. The van der Waals surface area contributed by atoms with Crippen molar-refractivity contribution in [1.82, 2.24) is 0 Å². The van der Waals surface area contributed by atoms with Crippen molar-refractivity contribution in [3.63, 3.8) is 0 Å². The molecule has 0 fully saturated rings. The molecule has 4 heteroatoms. The van der Waals surface area contributed by atoms with Crippen LogP contribution in [0.5, 0.6) is 0 Å². The van der Waals surface area contributed by atoms with Crippen molar-refractivity contribution in [3.8, 4) is 0 Å². The summed E-state index contributed by atoms with van der Waals surface area (Å²) >= 11 is -0.209. The van der Waals surface area contributed by atoms with Gasteiger partial charge in [-0.25, -0.2) is 0 Å². The summed E-state index contributed by atoms with van der Waals surface area (Å²) in [6.45, 7) is 9.68. The second-order valence-corrected chi connectivity index (χ2v) is 14.5. The van der Waals surface area contributed by atoms with Crippen LogP contribution >= 0.6 is 0 Å². The third-order valence-electron chi connectivity index (χ3n) is 7.80. The Hall–Kier alpha value is -1.35. The number of halogens is 2. The molecular weight excluding hydrogens is 495 g/mol. The van der Waals surface area contributed by atoms with E-state index in [2.05, 4.69) is 94.4 Å². The van der Waals surface area contributed by atoms with E-state index in [0.29, 0.717) is 8.45 Å². The summed E-state index contributed by atoms with van der Waals surface area (Å²) in [4.78, 5) is 0. The van der Waals surface area contributed by atoms with Gasteiger partial charge in [0.15, 0.2) is 0 Å². The molecule has 0 radical (unpaired) electrons. The van der Waals surface area contributed by atoms with E-state index < -0.39 is 8.80 Å². The zero-order chi connectivity index (χ0) is 21.3. The molecule has 0 N–H and O–H groups in total. The number of benzene rings is 3. The monoisotopic (exact) mass is 522 g/mol. The predicted octanol–water partition coefficient (Wildman–Crippen LogP) is 0.852. The molecule has 2 atom stereocenters. The summed E-state index contributed by atoms with van der Waals surface area (Å²) in [6.07, 6.45) is 0. The summed E-state index contributed by atoms with van der Waals surface area (Å²) in [6, 6.07) is 26.7. The maximum absolute atomic E-state index is 2.49. The van der Waals surface area contributed by atoms with Crippen LogP contribution in [0.1, 0.15) is 61.2 Å². The minimum atomic E-state index is -1.44. The molecule has 166 valence electrons. The van der Waals surface area contributed by atoms with Crippen molar-refractivity contribution >= 4 is 19.2 Å². The van der Waals surface area contributed by atoms with Crippen molar-refractivity contribution in [2.45, 2.75) is 42.2 Å². The Morgan fingerprint density at radius 2 is 1.12 bits per heavy atom. The topological polar surface area (TPSA) is 0 Å². The van der Waals surface area contributed by atoms with Gasteiger partial charge in [-0.3, -0.25) is 0 Å². The van der Waals surface area contributed by atoms with Gasteiger partial charge in [-0.1, -0.05) is 0 Å². The van der Waals surface area contributed by atoms with Gasteiger partial charge < -0.3 is 24.8 Å². The standard InChI is InChI=1S/C29H28Si.2ClH.Ti/c1-19-10-8-14-24-16-21(3)28(26(19)24)30(18-23-12-6-5-7-13-23)29-22(4)17-25-15-9-11-20(2)27(25)29;;;/h5-17,30H,18H2,1-4H3;2*1H;/q;;;+2/p-2. The second-order valence-electron chi connectivity index (χ2n) is 9.55. The first kappa shape index (κ1) is 24.8. The first-order chi connectivity index (χ1) is 15.1. The number of fused-ring (bicyclic) bond motifs is 8. The minimum absolute atomic E-state index is 0. The molecular formula is C29H28Cl2SiTi. The van der Waals surface area contributed by atoms with E-state index in [0.717, 1.165) is 0 Å². The molecule has 2 unspecified atom stereocenters. The molecule has 0 saturated heterocycles. The first-order valence-corrected chi connectivity index (χ1v) is 15.2. The summed E-state index contributed by atoms with van der Waals surface area (Å²) in [5.74, 6) is 0. The summed E-state index contributed by atoms with van der Waals surface area (Å²) in [7, 11) is -1.44. The fourth-order valence-electron chi connectivity index (χ4n) is 6.46. The maximum Gasteiger partial charge on any atom is -1.00 e. The van der Waals surface area contributed by atoms with Gasteiger partial charge in [-0.05, 0) is 0 Å². The molecule has 0 saturated carbocycles. The first-order valence-electron chi connectivity index (χ1n) is 11.5. The normalized spacial score (nSPS) is 21.6.